The maximum Gasteiger partial charge on any atom is 0.326 e. The Morgan fingerprint density at radius 2 is 1.82 bits per heavy atom. The molecule has 0 radical (unpaired) electrons. The molecule has 1 amide bonds. The fourth-order valence-electron chi connectivity index (χ4n) is 1.66. The van der Waals surface area contributed by atoms with Crippen LogP contribution in [0.4, 0.5) is 0 Å². The van der Waals surface area contributed by atoms with Gasteiger partial charge in [-0.1, -0.05) is 12.1 Å². The molecule has 8 heteroatoms. The first-order valence-corrected chi connectivity index (χ1v) is 6.34. The minimum Gasteiger partial charge on any atom is -0.481 e. The second-order valence-electron chi connectivity index (χ2n) is 4.39. The molecule has 0 saturated heterocycles. The molecule has 0 aliphatic carbocycles. The summed E-state index contributed by atoms with van der Waals surface area (Å²) in [6.45, 7) is 1.17. The molecule has 0 aliphatic heterocycles. The average molecular weight is 309 g/mol. The van der Waals surface area contributed by atoms with Gasteiger partial charge in [0.15, 0.2) is 0 Å². The minimum atomic E-state index is -1.35. The van der Waals surface area contributed by atoms with Crippen molar-refractivity contribution in [3.8, 4) is 5.75 Å². The van der Waals surface area contributed by atoms with Crippen LogP contribution in [0.15, 0.2) is 24.3 Å². The molecule has 0 heterocycles. The van der Waals surface area contributed by atoms with Crippen LogP contribution in [0.1, 0.15) is 30.1 Å². The first-order chi connectivity index (χ1) is 10.3. The van der Waals surface area contributed by atoms with E-state index in [1.807, 2.05) is 0 Å². The van der Waals surface area contributed by atoms with E-state index in [2.05, 4.69) is 5.32 Å². The van der Waals surface area contributed by atoms with Crippen molar-refractivity contribution in [2.75, 3.05) is 0 Å². The lowest BCUT2D eigenvalue weighted by Gasteiger charge is -2.15. The number of hydrogen-bond donors (Lipinski definition) is 3. The van der Waals surface area contributed by atoms with Gasteiger partial charge in [0.2, 0.25) is 0 Å². The first kappa shape index (κ1) is 17.2. The number of nitrogens with one attached hydrogen (secondary N) is 1. The minimum absolute atomic E-state index is 0.00475. The fourth-order valence-corrected chi connectivity index (χ4v) is 1.66. The van der Waals surface area contributed by atoms with Crippen LogP contribution in [0.2, 0.25) is 0 Å². The van der Waals surface area contributed by atoms with Crippen molar-refractivity contribution in [2.45, 2.75) is 25.8 Å². The molecule has 0 spiro atoms. The van der Waals surface area contributed by atoms with E-state index in [0.717, 1.165) is 0 Å². The predicted molar refractivity (Wildman–Crippen MR) is 73.5 cm³/mol. The molecule has 1 rings (SSSR count). The third-order valence-corrected chi connectivity index (χ3v) is 2.64. The van der Waals surface area contributed by atoms with Crippen LogP contribution in [-0.4, -0.2) is 40.1 Å². The van der Waals surface area contributed by atoms with Crippen LogP contribution in [0, 0.1) is 0 Å². The summed E-state index contributed by atoms with van der Waals surface area (Å²) in [5.74, 6) is -3.91. The van der Waals surface area contributed by atoms with E-state index >= 15 is 0 Å². The SMILES string of the molecule is CC(=O)Oc1ccccc1C(=O)NC(CCC(=O)O)C(=O)O. The van der Waals surface area contributed by atoms with Gasteiger partial charge in [-0.05, 0) is 18.6 Å². The Kier molecular flexibility index (Phi) is 6.06. The van der Waals surface area contributed by atoms with Gasteiger partial charge in [0, 0.05) is 13.3 Å². The van der Waals surface area contributed by atoms with Crippen LogP contribution in [0.25, 0.3) is 0 Å². The van der Waals surface area contributed by atoms with Gasteiger partial charge in [0.25, 0.3) is 5.91 Å². The summed E-state index contributed by atoms with van der Waals surface area (Å²) in [5, 5.41) is 19.8. The van der Waals surface area contributed by atoms with Crippen molar-refractivity contribution in [3.05, 3.63) is 29.8 Å². The van der Waals surface area contributed by atoms with Gasteiger partial charge in [-0.3, -0.25) is 14.4 Å². The van der Waals surface area contributed by atoms with Gasteiger partial charge < -0.3 is 20.3 Å². The van der Waals surface area contributed by atoms with E-state index in [9.17, 15) is 19.2 Å². The number of hydrogen-bond acceptors (Lipinski definition) is 5. The third kappa shape index (κ3) is 5.23. The summed E-state index contributed by atoms with van der Waals surface area (Å²) in [7, 11) is 0. The fraction of sp³-hybridized carbons (Fsp3) is 0.286. The van der Waals surface area contributed by atoms with Crippen molar-refractivity contribution in [3.63, 3.8) is 0 Å². The summed E-state index contributed by atoms with van der Waals surface area (Å²) in [5.41, 5.74) is -0.0146. The van der Waals surface area contributed by atoms with Gasteiger partial charge in [0.1, 0.15) is 11.8 Å². The van der Waals surface area contributed by atoms with E-state index in [0.29, 0.717) is 0 Å². The van der Waals surface area contributed by atoms with Crippen molar-refractivity contribution in [1.82, 2.24) is 5.32 Å². The highest BCUT2D eigenvalue weighted by molar-refractivity contribution is 5.99. The normalized spacial score (nSPS) is 11.3. The molecule has 1 unspecified atom stereocenters. The van der Waals surface area contributed by atoms with Gasteiger partial charge in [-0.2, -0.15) is 0 Å². The van der Waals surface area contributed by atoms with E-state index < -0.39 is 36.3 Å². The molecule has 0 fully saturated rings. The highest BCUT2D eigenvalue weighted by Crippen LogP contribution is 2.18. The monoisotopic (exact) mass is 309 g/mol. The summed E-state index contributed by atoms with van der Waals surface area (Å²) < 4.78 is 4.87. The molecular weight excluding hydrogens is 294 g/mol. The van der Waals surface area contributed by atoms with E-state index in [-0.39, 0.29) is 17.7 Å². The number of benzene rings is 1. The highest BCUT2D eigenvalue weighted by Gasteiger charge is 2.23. The number of carboxylic acids is 2. The molecule has 0 saturated carbocycles. The Labute approximate surface area is 125 Å². The third-order valence-electron chi connectivity index (χ3n) is 2.64. The number of ether oxygens (including phenoxy) is 1. The summed E-state index contributed by atoms with van der Waals surface area (Å²) >= 11 is 0. The number of aliphatic carboxylic acids is 2. The molecule has 3 N–H and O–H groups in total. The van der Waals surface area contributed by atoms with Gasteiger partial charge in [0.05, 0.1) is 5.56 Å². The van der Waals surface area contributed by atoms with E-state index in [4.69, 9.17) is 14.9 Å². The second kappa shape index (κ2) is 7.77. The van der Waals surface area contributed by atoms with Crippen molar-refractivity contribution in [1.29, 1.82) is 0 Å². The number of amides is 1. The maximum atomic E-state index is 12.1. The Hall–Kier alpha value is -2.90. The van der Waals surface area contributed by atoms with Gasteiger partial charge in [-0.25, -0.2) is 4.79 Å². The van der Waals surface area contributed by atoms with Crippen molar-refractivity contribution >= 4 is 23.8 Å². The number of rotatable bonds is 7. The Bertz CT molecular complexity index is 597. The van der Waals surface area contributed by atoms with Crippen molar-refractivity contribution in [2.24, 2.45) is 0 Å². The molecule has 1 atom stereocenters. The predicted octanol–water partition coefficient (Wildman–Crippen LogP) is 0.660. The van der Waals surface area contributed by atoms with Crippen LogP contribution < -0.4 is 10.1 Å². The zero-order valence-electron chi connectivity index (χ0n) is 11.7. The number of carboxylic acid groups (broad SMARTS) is 2. The Balaban J connectivity index is 2.88. The topological polar surface area (TPSA) is 130 Å². The number of carbonyl (C=O) groups is 4. The van der Waals surface area contributed by atoms with E-state index in [1.54, 1.807) is 6.07 Å². The van der Waals surface area contributed by atoms with Crippen LogP contribution in [-0.2, 0) is 14.4 Å². The molecule has 1 aromatic rings. The van der Waals surface area contributed by atoms with E-state index in [1.165, 1.54) is 25.1 Å². The molecule has 0 aromatic heterocycles. The van der Waals surface area contributed by atoms with Crippen LogP contribution >= 0.6 is 0 Å². The molecule has 8 nitrogen and oxygen atoms in total. The molecule has 0 bridgehead atoms. The average Bonchev–Trinajstić information content (AvgIpc) is 2.42. The zero-order valence-corrected chi connectivity index (χ0v) is 11.7. The number of esters is 1. The molecule has 1 aromatic carbocycles. The molecular formula is C14H15NO7. The lowest BCUT2D eigenvalue weighted by atomic mass is 10.1. The molecule has 0 aliphatic rings. The zero-order chi connectivity index (χ0) is 16.7. The smallest absolute Gasteiger partial charge is 0.326 e. The number of carbonyl (C=O) groups excluding carboxylic acids is 2. The maximum absolute atomic E-state index is 12.1. The quantitative estimate of drug-likeness (QED) is 0.498. The highest BCUT2D eigenvalue weighted by atomic mass is 16.5. The van der Waals surface area contributed by atoms with Crippen LogP contribution in [0.3, 0.4) is 0 Å². The standard InChI is InChI=1S/C14H15NO7/c1-8(16)22-11-5-3-2-4-9(11)13(19)15-10(14(20)21)6-7-12(17)18/h2-5,10H,6-7H2,1H3,(H,15,19)(H,17,18)(H,20,21). The second-order valence-corrected chi connectivity index (χ2v) is 4.39. The van der Waals surface area contributed by atoms with Crippen molar-refractivity contribution < 1.29 is 34.1 Å². The first-order valence-electron chi connectivity index (χ1n) is 6.34. The largest absolute Gasteiger partial charge is 0.481 e. The lowest BCUT2D eigenvalue weighted by molar-refractivity contribution is -0.140. The Morgan fingerprint density at radius 1 is 1.18 bits per heavy atom. The summed E-state index contributed by atoms with van der Waals surface area (Å²) in [6, 6.07) is 4.48. The summed E-state index contributed by atoms with van der Waals surface area (Å²) in [4.78, 5) is 44.6. The lowest BCUT2D eigenvalue weighted by Crippen LogP contribution is -2.41. The van der Waals surface area contributed by atoms with Crippen LogP contribution in [0.5, 0.6) is 5.75 Å². The van der Waals surface area contributed by atoms with Gasteiger partial charge in [-0.15, -0.1) is 0 Å². The Morgan fingerprint density at radius 3 is 2.36 bits per heavy atom. The summed E-state index contributed by atoms with van der Waals surface area (Å²) in [6.07, 6.45) is -0.658. The number of para-hydroxylation sites is 1. The molecule has 118 valence electrons. The molecule has 22 heavy (non-hydrogen) atoms. The van der Waals surface area contributed by atoms with Gasteiger partial charge >= 0.3 is 17.9 Å².